The zero-order chi connectivity index (χ0) is 18.4. The van der Waals surface area contributed by atoms with E-state index in [4.69, 9.17) is 9.84 Å². The molecule has 0 aliphatic carbocycles. The molecule has 0 spiro atoms. The van der Waals surface area contributed by atoms with Gasteiger partial charge in [-0.05, 0) is 66.2 Å². The third-order valence-electron chi connectivity index (χ3n) is 4.35. The fourth-order valence-corrected chi connectivity index (χ4v) is 4.14. The molecule has 0 saturated carbocycles. The molecule has 136 valence electrons. The number of ether oxygens (including phenoxy) is 1. The first-order valence-corrected chi connectivity index (χ1v) is 8.71. The standard InChI is InChI=1S/C19H32N2O3/c1-15(16(23)24-10-8-6-7-9-22)11-19(14-20)12-17(2,3)21-18(4,5)13-19/h21-22H,1,6-13H2,2-5H3. The maximum absolute atomic E-state index is 12.1. The minimum atomic E-state index is -0.606. The number of unbranched alkanes of at least 4 members (excludes halogenated alkanes) is 2. The molecule has 1 heterocycles. The van der Waals surface area contributed by atoms with Crippen LogP contribution in [-0.2, 0) is 9.53 Å². The highest BCUT2D eigenvalue weighted by Gasteiger charge is 2.48. The minimum absolute atomic E-state index is 0.158. The van der Waals surface area contributed by atoms with Gasteiger partial charge in [0.05, 0.1) is 18.1 Å². The predicted octanol–water partition coefficient (Wildman–Crippen LogP) is 3.09. The number of aliphatic hydroxyl groups is 1. The molecule has 1 rings (SSSR count). The van der Waals surface area contributed by atoms with Gasteiger partial charge in [-0.15, -0.1) is 0 Å². The first-order valence-electron chi connectivity index (χ1n) is 8.71. The van der Waals surface area contributed by atoms with Gasteiger partial charge in [0.2, 0.25) is 0 Å². The lowest BCUT2D eigenvalue weighted by Gasteiger charge is -2.50. The van der Waals surface area contributed by atoms with E-state index in [1.54, 1.807) is 0 Å². The highest BCUT2D eigenvalue weighted by Crippen LogP contribution is 2.45. The lowest BCUT2D eigenvalue weighted by Crippen LogP contribution is -2.60. The fraction of sp³-hybridized carbons (Fsp3) is 0.789. The van der Waals surface area contributed by atoms with Crippen molar-refractivity contribution in [1.82, 2.24) is 5.32 Å². The molecule has 5 nitrogen and oxygen atoms in total. The van der Waals surface area contributed by atoms with Crippen molar-refractivity contribution >= 4 is 5.97 Å². The van der Waals surface area contributed by atoms with Gasteiger partial charge in [0.25, 0.3) is 0 Å². The average Bonchev–Trinajstić information content (AvgIpc) is 2.43. The van der Waals surface area contributed by atoms with Crippen molar-refractivity contribution < 1.29 is 14.6 Å². The third-order valence-corrected chi connectivity index (χ3v) is 4.35. The summed E-state index contributed by atoms with van der Waals surface area (Å²) in [5.41, 5.74) is -0.587. The molecule has 5 heteroatoms. The molecule has 0 bridgehead atoms. The summed E-state index contributed by atoms with van der Waals surface area (Å²) in [6, 6.07) is 2.46. The van der Waals surface area contributed by atoms with Gasteiger partial charge in [0.15, 0.2) is 0 Å². The summed E-state index contributed by atoms with van der Waals surface area (Å²) in [7, 11) is 0. The van der Waals surface area contributed by atoms with Gasteiger partial charge in [-0.25, -0.2) is 4.79 Å². The van der Waals surface area contributed by atoms with Crippen LogP contribution < -0.4 is 5.32 Å². The van der Waals surface area contributed by atoms with Gasteiger partial charge >= 0.3 is 5.97 Å². The lowest BCUT2D eigenvalue weighted by atomic mass is 9.64. The number of esters is 1. The van der Waals surface area contributed by atoms with Crippen molar-refractivity contribution in [2.24, 2.45) is 5.41 Å². The Hall–Kier alpha value is -1.38. The Bertz CT molecular complexity index is 487. The van der Waals surface area contributed by atoms with Crippen LogP contribution in [0.25, 0.3) is 0 Å². The second-order valence-corrected chi connectivity index (χ2v) is 8.34. The zero-order valence-electron chi connectivity index (χ0n) is 15.6. The zero-order valence-corrected chi connectivity index (χ0v) is 15.6. The van der Waals surface area contributed by atoms with Crippen LogP contribution in [0.3, 0.4) is 0 Å². The molecule has 0 unspecified atom stereocenters. The van der Waals surface area contributed by atoms with Crippen molar-refractivity contribution in [2.75, 3.05) is 13.2 Å². The molecule has 1 saturated heterocycles. The normalized spacial score (nSPS) is 20.8. The highest BCUT2D eigenvalue weighted by molar-refractivity contribution is 5.87. The van der Waals surface area contributed by atoms with E-state index in [-0.39, 0.29) is 17.7 Å². The summed E-state index contributed by atoms with van der Waals surface area (Å²) in [6.07, 6.45) is 3.95. The fourth-order valence-electron chi connectivity index (χ4n) is 4.14. The summed E-state index contributed by atoms with van der Waals surface area (Å²) >= 11 is 0. The molecule has 0 aromatic heterocycles. The first kappa shape index (κ1) is 20.7. The Morgan fingerprint density at radius 1 is 1.21 bits per heavy atom. The summed E-state index contributed by atoms with van der Waals surface area (Å²) in [6.45, 7) is 12.7. The van der Waals surface area contributed by atoms with Crippen LogP contribution in [0.15, 0.2) is 12.2 Å². The van der Waals surface area contributed by atoms with Crippen molar-refractivity contribution in [1.29, 1.82) is 5.26 Å². The molecule has 24 heavy (non-hydrogen) atoms. The van der Waals surface area contributed by atoms with Gasteiger partial charge < -0.3 is 15.2 Å². The highest BCUT2D eigenvalue weighted by atomic mass is 16.5. The Morgan fingerprint density at radius 2 is 1.79 bits per heavy atom. The Balaban J connectivity index is 2.65. The largest absolute Gasteiger partial charge is 0.462 e. The van der Waals surface area contributed by atoms with E-state index < -0.39 is 11.4 Å². The monoisotopic (exact) mass is 336 g/mol. The number of nitrogens with zero attached hydrogens (tertiary/aromatic N) is 1. The van der Waals surface area contributed by atoms with Crippen molar-refractivity contribution in [3.05, 3.63) is 12.2 Å². The van der Waals surface area contributed by atoms with Crippen LogP contribution in [-0.4, -0.2) is 35.4 Å². The maximum Gasteiger partial charge on any atom is 0.333 e. The van der Waals surface area contributed by atoms with Crippen LogP contribution in [0.1, 0.15) is 66.2 Å². The summed E-state index contributed by atoms with van der Waals surface area (Å²) < 4.78 is 5.24. The Morgan fingerprint density at radius 3 is 2.29 bits per heavy atom. The number of nitrogens with one attached hydrogen (secondary N) is 1. The van der Waals surface area contributed by atoms with Gasteiger partial charge in [0.1, 0.15) is 0 Å². The van der Waals surface area contributed by atoms with Gasteiger partial charge in [-0.3, -0.25) is 0 Å². The topological polar surface area (TPSA) is 82.4 Å². The van der Waals surface area contributed by atoms with E-state index in [0.29, 0.717) is 37.9 Å². The molecule has 1 fully saturated rings. The van der Waals surface area contributed by atoms with Gasteiger partial charge in [0, 0.05) is 23.3 Å². The molecule has 1 aliphatic heterocycles. The predicted molar refractivity (Wildman–Crippen MR) is 94.2 cm³/mol. The van der Waals surface area contributed by atoms with Crippen LogP contribution >= 0.6 is 0 Å². The Kier molecular flexibility index (Phi) is 7.00. The van der Waals surface area contributed by atoms with Gasteiger partial charge in [-0.2, -0.15) is 5.26 Å². The van der Waals surface area contributed by atoms with E-state index in [9.17, 15) is 10.1 Å². The molecular formula is C19H32N2O3. The van der Waals surface area contributed by atoms with E-state index >= 15 is 0 Å². The second-order valence-electron chi connectivity index (χ2n) is 8.34. The van der Waals surface area contributed by atoms with Gasteiger partial charge in [-0.1, -0.05) is 6.58 Å². The molecule has 0 atom stereocenters. The molecule has 1 aliphatic rings. The third kappa shape index (κ3) is 6.26. The molecule has 0 amide bonds. The molecular weight excluding hydrogens is 304 g/mol. The van der Waals surface area contributed by atoms with Crippen molar-refractivity contribution in [2.45, 2.75) is 77.3 Å². The molecule has 0 radical (unpaired) electrons. The number of carbonyl (C=O) groups excluding carboxylic acids is 1. The van der Waals surface area contributed by atoms with E-state index in [0.717, 1.165) is 12.8 Å². The minimum Gasteiger partial charge on any atom is -0.462 e. The van der Waals surface area contributed by atoms with Crippen molar-refractivity contribution in [3.63, 3.8) is 0 Å². The van der Waals surface area contributed by atoms with Crippen LogP contribution in [0, 0.1) is 16.7 Å². The summed E-state index contributed by atoms with van der Waals surface area (Å²) in [5, 5.41) is 22.1. The molecule has 0 aromatic rings. The van der Waals surface area contributed by atoms with Crippen LogP contribution in [0.2, 0.25) is 0 Å². The van der Waals surface area contributed by atoms with Crippen LogP contribution in [0.5, 0.6) is 0 Å². The van der Waals surface area contributed by atoms with E-state index in [1.807, 2.05) is 0 Å². The van der Waals surface area contributed by atoms with E-state index in [1.165, 1.54) is 0 Å². The number of hydrogen-bond acceptors (Lipinski definition) is 5. The summed E-state index contributed by atoms with van der Waals surface area (Å²) in [5.74, 6) is -0.414. The average molecular weight is 336 g/mol. The number of rotatable bonds is 8. The molecule has 2 N–H and O–H groups in total. The number of piperidine rings is 1. The number of hydrogen-bond donors (Lipinski definition) is 2. The first-order chi connectivity index (χ1) is 11.0. The Labute approximate surface area is 146 Å². The second kappa shape index (κ2) is 8.13. The maximum atomic E-state index is 12.1. The smallest absolute Gasteiger partial charge is 0.333 e. The lowest BCUT2D eigenvalue weighted by molar-refractivity contribution is -0.139. The number of carbonyl (C=O) groups is 1. The molecule has 0 aromatic carbocycles. The summed E-state index contributed by atoms with van der Waals surface area (Å²) in [4.78, 5) is 12.1. The van der Waals surface area contributed by atoms with Crippen LogP contribution in [0.4, 0.5) is 0 Å². The van der Waals surface area contributed by atoms with E-state index in [2.05, 4.69) is 45.7 Å². The SMILES string of the molecule is C=C(CC1(C#N)CC(C)(C)NC(C)(C)C1)C(=O)OCCCCCO. The quantitative estimate of drug-likeness (QED) is 0.404. The number of aliphatic hydroxyl groups excluding tert-OH is 1. The number of nitriles is 1. The van der Waals surface area contributed by atoms with Crippen molar-refractivity contribution in [3.8, 4) is 6.07 Å².